The smallest absolute Gasteiger partial charge is 0.149 e. The van der Waals surface area contributed by atoms with Crippen LogP contribution in [0.3, 0.4) is 0 Å². The van der Waals surface area contributed by atoms with E-state index in [0.29, 0.717) is 30.0 Å². The lowest BCUT2D eigenvalue weighted by atomic mass is 10.2. The number of anilines is 1. The lowest BCUT2D eigenvalue weighted by Crippen LogP contribution is -2.32. The molecule has 1 aromatic rings. The summed E-state index contributed by atoms with van der Waals surface area (Å²) in [6.45, 7) is 1.37. The van der Waals surface area contributed by atoms with E-state index in [1.54, 1.807) is 4.90 Å². The Morgan fingerprint density at radius 2 is 1.94 bits per heavy atom. The Morgan fingerprint density at radius 3 is 2.39 bits per heavy atom. The van der Waals surface area contributed by atoms with Gasteiger partial charge in [-0.2, -0.15) is 0 Å². The van der Waals surface area contributed by atoms with E-state index in [4.69, 9.17) is 0 Å². The highest BCUT2D eigenvalue weighted by Gasteiger charge is 2.28. The van der Waals surface area contributed by atoms with Gasteiger partial charge in [-0.15, -0.1) is 0 Å². The highest BCUT2D eigenvalue weighted by molar-refractivity contribution is 9.08. The Labute approximate surface area is 115 Å². The first-order chi connectivity index (χ1) is 8.52. The molecule has 0 saturated carbocycles. The molecule has 0 N–H and O–H groups in total. The minimum Gasteiger partial charge on any atom is -0.365 e. The molecule has 1 aromatic carbocycles. The first-order valence-electron chi connectivity index (χ1n) is 5.98. The van der Waals surface area contributed by atoms with Crippen LogP contribution in [0, 0.1) is 11.6 Å². The number of benzene rings is 1. The second-order valence-electron chi connectivity index (χ2n) is 4.89. The molecule has 1 saturated heterocycles. The van der Waals surface area contributed by atoms with Crippen molar-refractivity contribution in [3.63, 3.8) is 0 Å². The summed E-state index contributed by atoms with van der Waals surface area (Å²) in [4.78, 5) is 3.90. The summed E-state index contributed by atoms with van der Waals surface area (Å²) in [5.74, 6) is -0.937. The van der Waals surface area contributed by atoms with Gasteiger partial charge in [-0.1, -0.05) is 15.9 Å². The molecule has 0 radical (unpaired) electrons. The van der Waals surface area contributed by atoms with Crippen LogP contribution in [0.5, 0.6) is 0 Å². The molecule has 18 heavy (non-hydrogen) atoms. The van der Waals surface area contributed by atoms with Gasteiger partial charge in [0, 0.05) is 24.5 Å². The van der Waals surface area contributed by atoms with Gasteiger partial charge in [0.05, 0.1) is 0 Å². The van der Waals surface area contributed by atoms with Gasteiger partial charge in [0.2, 0.25) is 0 Å². The van der Waals surface area contributed by atoms with Crippen molar-refractivity contribution in [1.82, 2.24) is 4.90 Å². The average molecular weight is 319 g/mol. The molecule has 0 aliphatic carbocycles. The monoisotopic (exact) mass is 318 g/mol. The number of likely N-dealkylation sites (N-methyl/N-ethyl adjacent to an activating group) is 1. The van der Waals surface area contributed by atoms with Crippen LogP contribution in [-0.2, 0) is 5.33 Å². The molecule has 2 nitrogen and oxygen atoms in total. The van der Waals surface area contributed by atoms with Crippen molar-refractivity contribution in [2.75, 3.05) is 32.1 Å². The second kappa shape index (κ2) is 5.53. The van der Waals surface area contributed by atoms with E-state index >= 15 is 0 Å². The minimum absolute atomic E-state index is 0.115. The number of hydrogen-bond acceptors (Lipinski definition) is 2. The first-order valence-corrected chi connectivity index (χ1v) is 7.10. The van der Waals surface area contributed by atoms with Gasteiger partial charge in [0.15, 0.2) is 0 Å². The van der Waals surface area contributed by atoms with E-state index in [9.17, 15) is 8.78 Å². The van der Waals surface area contributed by atoms with E-state index < -0.39 is 11.6 Å². The SMILES string of the molecule is CN(C)C1CCN(c2c(F)cc(CBr)cc2F)C1. The van der Waals surface area contributed by atoms with E-state index in [1.807, 2.05) is 14.1 Å². The van der Waals surface area contributed by atoms with Crippen molar-refractivity contribution in [2.24, 2.45) is 0 Å². The van der Waals surface area contributed by atoms with Crippen LogP contribution in [0.4, 0.5) is 14.5 Å². The summed E-state index contributed by atoms with van der Waals surface area (Å²) in [5.41, 5.74) is 0.737. The third kappa shape index (κ3) is 2.67. The van der Waals surface area contributed by atoms with E-state index in [-0.39, 0.29) is 5.69 Å². The number of alkyl halides is 1. The number of hydrogen-bond donors (Lipinski definition) is 0. The quantitative estimate of drug-likeness (QED) is 0.790. The van der Waals surface area contributed by atoms with Crippen LogP contribution in [0.25, 0.3) is 0 Å². The van der Waals surface area contributed by atoms with E-state index in [2.05, 4.69) is 20.8 Å². The van der Waals surface area contributed by atoms with Crippen LogP contribution in [0.1, 0.15) is 12.0 Å². The summed E-state index contributed by atoms with van der Waals surface area (Å²) in [6.07, 6.45) is 0.937. The number of nitrogens with zero attached hydrogens (tertiary/aromatic N) is 2. The lowest BCUT2D eigenvalue weighted by Gasteiger charge is -2.22. The normalized spacial score (nSPS) is 19.9. The van der Waals surface area contributed by atoms with Gasteiger partial charge in [0.25, 0.3) is 0 Å². The van der Waals surface area contributed by atoms with Gasteiger partial charge in [0.1, 0.15) is 17.3 Å². The average Bonchev–Trinajstić information content (AvgIpc) is 2.77. The molecule has 5 heteroatoms. The molecular formula is C13H17BrF2N2. The molecule has 2 rings (SSSR count). The second-order valence-corrected chi connectivity index (χ2v) is 5.45. The summed E-state index contributed by atoms with van der Waals surface area (Å²) in [7, 11) is 3.99. The third-order valence-electron chi connectivity index (χ3n) is 3.44. The van der Waals surface area contributed by atoms with Crippen LogP contribution >= 0.6 is 15.9 Å². The van der Waals surface area contributed by atoms with Crippen molar-refractivity contribution in [3.8, 4) is 0 Å². The highest BCUT2D eigenvalue weighted by atomic mass is 79.9. The highest BCUT2D eigenvalue weighted by Crippen LogP contribution is 2.29. The zero-order valence-corrected chi connectivity index (χ0v) is 12.2. The largest absolute Gasteiger partial charge is 0.365 e. The van der Waals surface area contributed by atoms with Crippen molar-refractivity contribution in [2.45, 2.75) is 17.8 Å². The molecule has 1 aliphatic rings. The van der Waals surface area contributed by atoms with Crippen molar-refractivity contribution in [1.29, 1.82) is 0 Å². The van der Waals surface area contributed by atoms with Gasteiger partial charge in [-0.25, -0.2) is 8.78 Å². The van der Waals surface area contributed by atoms with E-state index in [0.717, 1.165) is 6.42 Å². The van der Waals surface area contributed by atoms with Gasteiger partial charge in [-0.05, 0) is 38.2 Å². The standard InChI is InChI=1S/C13H17BrF2N2/c1-17(2)10-3-4-18(8-10)13-11(15)5-9(7-14)6-12(13)16/h5-6,10H,3-4,7-8H2,1-2H3. The third-order valence-corrected chi connectivity index (χ3v) is 4.09. The van der Waals surface area contributed by atoms with Gasteiger partial charge >= 0.3 is 0 Å². The van der Waals surface area contributed by atoms with Crippen molar-refractivity contribution in [3.05, 3.63) is 29.3 Å². The molecular weight excluding hydrogens is 302 g/mol. The Kier molecular flexibility index (Phi) is 4.22. The summed E-state index contributed by atoms with van der Waals surface area (Å²) < 4.78 is 27.9. The molecule has 1 heterocycles. The molecule has 1 atom stereocenters. The Bertz CT molecular complexity index is 414. The summed E-state index contributed by atoms with van der Waals surface area (Å²) in [5, 5.41) is 0.460. The van der Waals surface area contributed by atoms with Crippen LogP contribution in [0.15, 0.2) is 12.1 Å². The van der Waals surface area contributed by atoms with Crippen molar-refractivity contribution >= 4 is 21.6 Å². The molecule has 100 valence electrons. The Morgan fingerprint density at radius 1 is 1.33 bits per heavy atom. The predicted molar refractivity (Wildman–Crippen MR) is 73.3 cm³/mol. The Balaban J connectivity index is 2.24. The topological polar surface area (TPSA) is 6.48 Å². The zero-order valence-electron chi connectivity index (χ0n) is 10.6. The van der Waals surface area contributed by atoms with Crippen LogP contribution in [0.2, 0.25) is 0 Å². The fraction of sp³-hybridized carbons (Fsp3) is 0.538. The molecule has 0 spiro atoms. The van der Waals surface area contributed by atoms with E-state index in [1.165, 1.54) is 12.1 Å². The predicted octanol–water partition coefficient (Wildman–Crippen LogP) is 3.00. The molecule has 1 unspecified atom stereocenters. The van der Waals surface area contributed by atoms with Crippen LogP contribution in [-0.4, -0.2) is 38.1 Å². The molecule has 1 fully saturated rings. The minimum atomic E-state index is -0.469. The number of halogens is 3. The molecule has 0 aromatic heterocycles. The fourth-order valence-electron chi connectivity index (χ4n) is 2.36. The van der Waals surface area contributed by atoms with Gasteiger partial charge < -0.3 is 9.80 Å². The number of rotatable bonds is 3. The lowest BCUT2D eigenvalue weighted by molar-refractivity contribution is 0.315. The molecule has 0 amide bonds. The first kappa shape index (κ1) is 13.7. The fourth-order valence-corrected chi connectivity index (χ4v) is 2.69. The maximum absolute atomic E-state index is 14.0. The molecule has 0 bridgehead atoms. The summed E-state index contributed by atoms with van der Waals surface area (Å²) >= 11 is 3.21. The maximum atomic E-state index is 14.0. The maximum Gasteiger partial charge on any atom is 0.149 e. The Hall–Kier alpha value is -0.680. The van der Waals surface area contributed by atoms with Crippen LogP contribution < -0.4 is 4.90 Å². The molecule has 1 aliphatic heterocycles. The summed E-state index contributed by atoms with van der Waals surface area (Å²) in [6, 6.07) is 3.16. The van der Waals surface area contributed by atoms with Gasteiger partial charge in [-0.3, -0.25) is 0 Å². The zero-order chi connectivity index (χ0) is 13.3. The van der Waals surface area contributed by atoms with Crippen molar-refractivity contribution < 1.29 is 8.78 Å².